The maximum Gasteiger partial charge on any atom is 0.305 e. The molecule has 0 radical (unpaired) electrons. The van der Waals surface area contributed by atoms with Gasteiger partial charge in [0.25, 0.3) is 0 Å². The van der Waals surface area contributed by atoms with E-state index >= 15 is 0 Å². The van der Waals surface area contributed by atoms with Crippen LogP contribution in [0.15, 0.2) is 0 Å². The summed E-state index contributed by atoms with van der Waals surface area (Å²) in [5.41, 5.74) is 5.51. The molecule has 1 rings (SSSR count). The first kappa shape index (κ1) is 15.0. The van der Waals surface area contributed by atoms with Crippen LogP contribution >= 0.6 is 0 Å². The Labute approximate surface area is 108 Å². The van der Waals surface area contributed by atoms with Crippen molar-refractivity contribution in [2.75, 3.05) is 0 Å². The summed E-state index contributed by atoms with van der Waals surface area (Å²) in [4.78, 5) is 22.1. The molecule has 0 aromatic heterocycles. The van der Waals surface area contributed by atoms with Crippen molar-refractivity contribution in [3.05, 3.63) is 0 Å². The smallest absolute Gasteiger partial charge is 0.305 e. The fourth-order valence-electron chi connectivity index (χ4n) is 2.61. The predicted molar refractivity (Wildman–Crippen MR) is 69.0 cm³/mol. The van der Waals surface area contributed by atoms with E-state index in [2.05, 4.69) is 5.32 Å². The number of carboxylic acids is 1. The highest BCUT2D eigenvalue weighted by Crippen LogP contribution is 2.27. The molecule has 0 saturated heterocycles. The van der Waals surface area contributed by atoms with Gasteiger partial charge in [-0.25, -0.2) is 0 Å². The highest BCUT2D eigenvalue weighted by molar-refractivity contribution is 5.86. The minimum Gasteiger partial charge on any atom is -0.481 e. The predicted octanol–water partition coefficient (Wildman–Crippen LogP) is 1.26. The van der Waals surface area contributed by atoms with E-state index in [0.717, 1.165) is 6.42 Å². The van der Waals surface area contributed by atoms with E-state index in [1.807, 2.05) is 6.92 Å². The van der Waals surface area contributed by atoms with Gasteiger partial charge in [0, 0.05) is 6.04 Å². The molecule has 1 unspecified atom stereocenters. The zero-order valence-corrected chi connectivity index (χ0v) is 11.0. The maximum absolute atomic E-state index is 11.6. The molecule has 4 N–H and O–H groups in total. The van der Waals surface area contributed by atoms with Crippen molar-refractivity contribution in [2.45, 2.75) is 64.0 Å². The second kappa shape index (κ2) is 7.36. The topological polar surface area (TPSA) is 92.4 Å². The van der Waals surface area contributed by atoms with Crippen molar-refractivity contribution in [3.63, 3.8) is 0 Å². The first-order chi connectivity index (χ1) is 8.49. The molecule has 104 valence electrons. The molecule has 1 fully saturated rings. The van der Waals surface area contributed by atoms with Crippen molar-refractivity contribution in [2.24, 2.45) is 11.7 Å². The van der Waals surface area contributed by atoms with Gasteiger partial charge in [-0.3, -0.25) is 9.59 Å². The Morgan fingerprint density at radius 1 is 1.33 bits per heavy atom. The van der Waals surface area contributed by atoms with Crippen molar-refractivity contribution >= 4 is 11.9 Å². The number of carbonyl (C=O) groups is 2. The normalized spacial score (nSPS) is 20.1. The molecule has 1 aliphatic rings. The van der Waals surface area contributed by atoms with Crippen LogP contribution in [0.1, 0.15) is 51.9 Å². The molecule has 2 atom stereocenters. The minimum absolute atomic E-state index is 0.0699. The number of amides is 1. The molecule has 5 nitrogen and oxygen atoms in total. The van der Waals surface area contributed by atoms with Crippen LogP contribution in [-0.4, -0.2) is 29.1 Å². The fourth-order valence-corrected chi connectivity index (χ4v) is 2.61. The molecule has 18 heavy (non-hydrogen) atoms. The number of carboxylic acid groups (broad SMARTS) is 1. The Balaban J connectivity index is 2.27. The molecule has 1 aliphatic carbocycles. The van der Waals surface area contributed by atoms with Crippen LogP contribution in [0.4, 0.5) is 0 Å². The van der Waals surface area contributed by atoms with Gasteiger partial charge in [0.05, 0.1) is 12.5 Å². The monoisotopic (exact) mass is 256 g/mol. The van der Waals surface area contributed by atoms with Crippen LogP contribution in [0.5, 0.6) is 0 Å². The van der Waals surface area contributed by atoms with E-state index in [0.29, 0.717) is 5.92 Å². The zero-order chi connectivity index (χ0) is 13.5. The molecule has 1 saturated carbocycles. The van der Waals surface area contributed by atoms with Gasteiger partial charge in [0.1, 0.15) is 0 Å². The SMILES string of the molecule is CC(CC1CCCCC1)NC(=O)[C@H](N)CC(=O)O. The average molecular weight is 256 g/mol. The molecule has 0 heterocycles. The molecule has 0 spiro atoms. The summed E-state index contributed by atoms with van der Waals surface area (Å²) < 4.78 is 0. The molecule has 0 bridgehead atoms. The lowest BCUT2D eigenvalue weighted by Gasteiger charge is -2.25. The lowest BCUT2D eigenvalue weighted by atomic mass is 9.85. The summed E-state index contributed by atoms with van der Waals surface area (Å²) in [6.07, 6.45) is 7.00. The van der Waals surface area contributed by atoms with E-state index in [1.165, 1.54) is 32.1 Å². The second-order valence-electron chi connectivity index (χ2n) is 5.35. The van der Waals surface area contributed by atoms with Crippen LogP contribution in [-0.2, 0) is 9.59 Å². The highest BCUT2D eigenvalue weighted by Gasteiger charge is 2.21. The van der Waals surface area contributed by atoms with Crippen LogP contribution in [0.3, 0.4) is 0 Å². The van der Waals surface area contributed by atoms with Gasteiger partial charge in [-0.1, -0.05) is 32.1 Å². The number of aliphatic carboxylic acids is 1. The van der Waals surface area contributed by atoms with Crippen LogP contribution in [0, 0.1) is 5.92 Å². The first-order valence-electron chi connectivity index (χ1n) is 6.76. The first-order valence-corrected chi connectivity index (χ1v) is 6.76. The second-order valence-corrected chi connectivity index (χ2v) is 5.35. The van der Waals surface area contributed by atoms with Crippen molar-refractivity contribution in [3.8, 4) is 0 Å². The van der Waals surface area contributed by atoms with Crippen molar-refractivity contribution in [1.29, 1.82) is 0 Å². The lowest BCUT2D eigenvalue weighted by Crippen LogP contribution is -2.45. The third kappa shape index (κ3) is 5.49. The third-order valence-corrected chi connectivity index (χ3v) is 3.53. The van der Waals surface area contributed by atoms with Crippen molar-refractivity contribution in [1.82, 2.24) is 5.32 Å². The lowest BCUT2D eigenvalue weighted by molar-refractivity contribution is -0.139. The molecule has 0 aromatic rings. The van der Waals surface area contributed by atoms with Gasteiger partial charge in [-0.05, 0) is 19.3 Å². The molecular weight excluding hydrogens is 232 g/mol. The van der Waals surface area contributed by atoms with Crippen LogP contribution < -0.4 is 11.1 Å². The number of nitrogens with two attached hydrogens (primary N) is 1. The quantitative estimate of drug-likeness (QED) is 0.667. The number of nitrogens with one attached hydrogen (secondary N) is 1. The average Bonchev–Trinajstić information content (AvgIpc) is 2.29. The number of hydrogen-bond donors (Lipinski definition) is 3. The Bertz CT molecular complexity index is 288. The van der Waals surface area contributed by atoms with E-state index < -0.39 is 12.0 Å². The van der Waals surface area contributed by atoms with Gasteiger partial charge >= 0.3 is 5.97 Å². The summed E-state index contributed by atoms with van der Waals surface area (Å²) in [5.74, 6) is -0.719. The summed E-state index contributed by atoms with van der Waals surface area (Å²) >= 11 is 0. The fraction of sp³-hybridized carbons (Fsp3) is 0.846. The Morgan fingerprint density at radius 2 is 1.94 bits per heavy atom. The van der Waals surface area contributed by atoms with Gasteiger partial charge in [0.15, 0.2) is 0 Å². The molecule has 5 heteroatoms. The number of rotatable bonds is 6. The third-order valence-electron chi connectivity index (χ3n) is 3.53. The van der Waals surface area contributed by atoms with E-state index in [1.54, 1.807) is 0 Å². The number of carbonyl (C=O) groups excluding carboxylic acids is 1. The minimum atomic E-state index is -1.04. The zero-order valence-electron chi connectivity index (χ0n) is 11.0. The van der Waals surface area contributed by atoms with Gasteiger partial charge in [-0.2, -0.15) is 0 Å². The Hall–Kier alpha value is -1.10. The van der Waals surface area contributed by atoms with Gasteiger partial charge < -0.3 is 16.2 Å². The molecule has 0 aliphatic heterocycles. The largest absolute Gasteiger partial charge is 0.481 e. The van der Waals surface area contributed by atoms with E-state index in [-0.39, 0.29) is 18.4 Å². The van der Waals surface area contributed by atoms with E-state index in [4.69, 9.17) is 10.8 Å². The summed E-state index contributed by atoms with van der Waals surface area (Å²) in [6.45, 7) is 1.96. The van der Waals surface area contributed by atoms with Crippen molar-refractivity contribution < 1.29 is 14.7 Å². The summed E-state index contributed by atoms with van der Waals surface area (Å²) in [6, 6.07) is -0.878. The highest BCUT2D eigenvalue weighted by atomic mass is 16.4. The van der Waals surface area contributed by atoms with Crippen LogP contribution in [0.2, 0.25) is 0 Å². The summed E-state index contributed by atoms with van der Waals surface area (Å²) in [7, 11) is 0. The number of hydrogen-bond acceptors (Lipinski definition) is 3. The molecular formula is C13H24N2O3. The van der Waals surface area contributed by atoms with Gasteiger partial charge in [0.2, 0.25) is 5.91 Å². The standard InChI is InChI=1S/C13H24N2O3/c1-9(7-10-5-3-2-4-6-10)15-13(18)11(14)8-12(16)17/h9-11H,2-8,14H2,1H3,(H,15,18)(H,16,17)/t9?,11-/m1/s1. The van der Waals surface area contributed by atoms with Gasteiger partial charge in [-0.15, -0.1) is 0 Å². The Morgan fingerprint density at radius 3 is 2.50 bits per heavy atom. The molecule has 1 amide bonds. The van der Waals surface area contributed by atoms with E-state index in [9.17, 15) is 9.59 Å². The van der Waals surface area contributed by atoms with Crippen LogP contribution in [0.25, 0.3) is 0 Å². The molecule has 0 aromatic carbocycles. The maximum atomic E-state index is 11.6. The summed E-state index contributed by atoms with van der Waals surface area (Å²) in [5, 5.41) is 11.4. The Kier molecular flexibility index (Phi) is 6.12.